The standard InChI is InChI=1S/C8H20O2P/c1-4-5-6-11(9,10)7-8(2)3/h8-10H,4-7H2,1-3H3/q+1. The third kappa shape index (κ3) is 6.74. The van der Waals surface area contributed by atoms with Gasteiger partial charge in [0.2, 0.25) is 0 Å². The Hall–Kier alpha value is 0.350. The third-order valence-electron chi connectivity index (χ3n) is 1.53. The summed E-state index contributed by atoms with van der Waals surface area (Å²) in [7, 11) is -2.52. The van der Waals surface area contributed by atoms with E-state index in [1.54, 1.807) is 0 Å². The van der Waals surface area contributed by atoms with E-state index in [1.807, 2.05) is 13.8 Å². The lowest BCUT2D eigenvalue weighted by Crippen LogP contribution is -2.06. The molecule has 0 aromatic heterocycles. The Bertz CT molecular complexity index is 102. The van der Waals surface area contributed by atoms with Crippen molar-refractivity contribution in [3.8, 4) is 0 Å². The number of unbranched alkanes of at least 4 members (excludes halogenated alkanes) is 1. The Labute approximate surface area is 70.1 Å². The second-order valence-electron chi connectivity index (χ2n) is 3.53. The zero-order valence-electron chi connectivity index (χ0n) is 7.75. The van der Waals surface area contributed by atoms with Crippen molar-refractivity contribution < 1.29 is 9.79 Å². The fourth-order valence-corrected chi connectivity index (χ4v) is 3.26. The third-order valence-corrected chi connectivity index (χ3v) is 3.87. The van der Waals surface area contributed by atoms with Crippen molar-refractivity contribution in [1.29, 1.82) is 0 Å². The van der Waals surface area contributed by atoms with E-state index in [4.69, 9.17) is 0 Å². The summed E-state index contributed by atoms with van der Waals surface area (Å²) in [4.78, 5) is 19.0. The molecule has 0 aromatic rings. The second-order valence-corrected chi connectivity index (χ2v) is 6.10. The molecule has 3 heteroatoms. The molecule has 0 spiro atoms. The molecular weight excluding hydrogens is 159 g/mol. The van der Waals surface area contributed by atoms with Gasteiger partial charge in [-0.25, -0.2) is 9.79 Å². The molecule has 0 radical (unpaired) electrons. The van der Waals surface area contributed by atoms with Crippen molar-refractivity contribution >= 4 is 7.72 Å². The Balaban J connectivity index is 3.61. The Kier molecular flexibility index (Phi) is 5.24. The SMILES string of the molecule is CCCC[P+](O)(O)CC(C)C. The molecule has 0 heterocycles. The first-order valence-corrected chi connectivity index (χ1v) is 6.37. The van der Waals surface area contributed by atoms with E-state index in [9.17, 15) is 9.79 Å². The van der Waals surface area contributed by atoms with Crippen molar-refractivity contribution in [2.24, 2.45) is 5.92 Å². The summed E-state index contributed by atoms with van der Waals surface area (Å²) in [5, 5.41) is 0. The lowest BCUT2D eigenvalue weighted by atomic mass is 10.3. The van der Waals surface area contributed by atoms with Gasteiger partial charge in [-0.15, -0.1) is 0 Å². The van der Waals surface area contributed by atoms with Gasteiger partial charge in [0.25, 0.3) is 7.72 Å². The van der Waals surface area contributed by atoms with Crippen molar-refractivity contribution in [2.45, 2.75) is 33.6 Å². The molecule has 0 aliphatic rings. The van der Waals surface area contributed by atoms with Gasteiger partial charge in [0, 0.05) is 0 Å². The topological polar surface area (TPSA) is 40.5 Å². The molecule has 2 nitrogen and oxygen atoms in total. The van der Waals surface area contributed by atoms with Crippen molar-refractivity contribution in [2.75, 3.05) is 12.3 Å². The van der Waals surface area contributed by atoms with E-state index >= 15 is 0 Å². The van der Waals surface area contributed by atoms with Gasteiger partial charge in [-0.1, -0.05) is 27.2 Å². The van der Waals surface area contributed by atoms with Gasteiger partial charge in [-0.3, -0.25) is 0 Å². The van der Waals surface area contributed by atoms with Crippen molar-refractivity contribution in [1.82, 2.24) is 0 Å². The maximum Gasteiger partial charge on any atom is 0.268 e. The Morgan fingerprint density at radius 2 is 1.82 bits per heavy atom. The molecule has 0 unspecified atom stereocenters. The molecule has 0 aliphatic heterocycles. The van der Waals surface area contributed by atoms with E-state index in [2.05, 4.69) is 6.92 Å². The molecule has 0 aromatic carbocycles. The van der Waals surface area contributed by atoms with Crippen LogP contribution in [0.3, 0.4) is 0 Å². The molecule has 0 saturated carbocycles. The van der Waals surface area contributed by atoms with Crippen molar-refractivity contribution in [3.63, 3.8) is 0 Å². The van der Waals surface area contributed by atoms with Crippen LogP contribution >= 0.6 is 7.72 Å². The summed E-state index contributed by atoms with van der Waals surface area (Å²) in [6.45, 7) is 6.11. The van der Waals surface area contributed by atoms with Crippen LogP contribution < -0.4 is 0 Å². The highest BCUT2D eigenvalue weighted by molar-refractivity contribution is 7.64. The van der Waals surface area contributed by atoms with Crippen LogP contribution in [0.25, 0.3) is 0 Å². The molecule has 0 rings (SSSR count). The molecule has 2 N–H and O–H groups in total. The summed E-state index contributed by atoms with van der Waals surface area (Å²) in [5.74, 6) is 0.398. The van der Waals surface area contributed by atoms with E-state index in [0.29, 0.717) is 18.2 Å². The normalized spacial score (nSPS) is 12.5. The van der Waals surface area contributed by atoms with Gasteiger partial charge in [-0.2, -0.15) is 0 Å². The van der Waals surface area contributed by atoms with Gasteiger partial charge in [0.15, 0.2) is 0 Å². The van der Waals surface area contributed by atoms with E-state index in [1.165, 1.54) is 0 Å². The minimum Gasteiger partial charge on any atom is -0.220 e. The highest BCUT2D eigenvalue weighted by Crippen LogP contribution is 2.51. The molecule has 0 fully saturated rings. The van der Waals surface area contributed by atoms with Gasteiger partial charge < -0.3 is 0 Å². The summed E-state index contributed by atoms with van der Waals surface area (Å²) >= 11 is 0. The predicted molar refractivity (Wildman–Crippen MR) is 50.8 cm³/mol. The molecule has 0 amide bonds. The fraction of sp³-hybridized carbons (Fsp3) is 1.00. The smallest absolute Gasteiger partial charge is 0.220 e. The zero-order chi connectivity index (χ0) is 8.91. The molecule has 0 saturated heterocycles. The van der Waals surface area contributed by atoms with Crippen LogP contribution in [0.15, 0.2) is 0 Å². The maximum absolute atomic E-state index is 9.48. The lowest BCUT2D eigenvalue weighted by molar-refractivity contribution is 0.436. The lowest BCUT2D eigenvalue weighted by Gasteiger charge is -2.13. The Morgan fingerprint density at radius 3 is 2.18 bits per heavy atom. The average Bonchev–Trinajstić information content (AvgIpc) is 1.81. The number of hydrogen-bond donors (Lipinski definition) is 2. The zero-order valence-corrected chi connectivity index (χ0v) is 8.64. The first-order chi connectivity index (χ1) is 4.98. The summed E-state index contributed by atoms with van der Waals surface area (Å²) in [5.41, 5.74) is 0. The second kappa shape index (κ2) is 5.08. The van der Waals surface area contributed by atoms with Crippen LogP contribution in [-0.2, 0) is 0 Å². The van der Waals surface area contributed by atoms with Gasteiger partial charge in [0.1, 0.15) is 12.3 Å². The molecule has 68 valence electrons. The van der Waals surface area contributed by atoms with Crippen LogP contribution in [-0.4, -0.2) is 22.1 Å². The molecule has 0 aliphatic carbocycles. The summed E-state index contributed by atoms with van der Waals surface area (Å²) < 4.78 is 0. The van der Waals surface area contributed by atoms with Crippen LogP contribution in [0, 0.1) is 5.92 Å². The predicted octanol–water partition coefficient (Wildman–Crippen LogP) is 2.27. The highest BCUT2D eigenvalue weighted by atomic mass is 31.2. The highest BCUT2D eigenvalue weighted by Gasteiger charge is 2.32. The molecular formula is C8H20O2P+. The van der Waals surface area contributed by atoms with E-state index in [-0.39, 0.29) is 0 Å². The molecule has 0 atom stereocenters. The maximum atomic E-state index is 9.48. The average molecular weight is 179 g/mol. The molecule has 0 bridgehead atoms. The molecule has 11 heavy (non-hydrogen) atoms. The number of hydrogen-bond acceptors (Lipinski definition) is 2. The van der Waals surface area contributed by atoms with Gasteiger partial charge in [-0.05, 0) is 12.3 Å². The van der Waals surface area contributed by atoms with Crippen LogP contribution in [0.1, 0.15) is 33.6 Å². The summed E-state index contributed by atoms with van der Waals surface area (Å²) in [6, 6.07) is 0. The largest absolute Gasteiger partial charge is 0.268 e. The van der Waals surface area contributed by atoms with Crippen molar-refractivity contribution in [3.05, 3.63) is 0 Å². The van der Waals surface area contributed by atoms with E-state index < -0.39 is 7.72 Å². The summed E-state index contributed by atoms with van der Waals surface area (Å²) in [6.07, 6.45) is 3.18. The van der Waals surface area contributed by atoms with Gasteiger partial charge >= 0.3 is 0 Å². The first kappa shape index (κ1) is 11.4. The first-order valence-electron chi connectivity index (χ1n) is 4.30. The van der Waals surface area contributed by atoms with Crippen LogP contribution in [0.5, 0.6) is 0 Å². The monoisotopic (exact) mass is 179 g/mol. The van der Waals surface area contributed by atoms with Gasteiger partial charge in [0.05, 0.1) is 0 Å². The fourth-order valence-electron chi connectivity index (χ4n) is 1.09. The van der Waals surface area contributed by atoms with E-state index in [0.717, 1.165) is 12.8 Å². The minimum atomic E-state index is -2.52. The number of rotatable bonds is 5. The van der Waals surface area contributed by atoms with Crippen LogP contribution in [0.2, 0.25) is 0 Å². The Morgan fingerprint density at radius 1 is 1.27 bits per heavy atom. The quantitative estimate of drug-likeness (QED) is 0.635. The minimum absolute atomic E-state index is 0.398. The van der Waals surface area contributed by atoms with Crippen LogP contribution in [0.4, 0.5) is 0 Å².